The molecule has 0 heterocycles. The summed E-state index contributed by atoms with van der Waals surface area (Å²) in [5.74, 6) is 2.45. The summed E-state index contributed by atoms with van der Waals surface area (Å²) >= 11 is 0. The molecule has 0 saturated carbocycles. The molecule has 4 aromatic rings. The van der Waals surface area contributed by atoms with E-state index in [2.05, 4.69) is 89.8 Å². The number of phenols is 4. The van der Waals surface area contributed by atoms with Crippen LogP contribution >= 0.6 is 0 Å². The smallest absolute Gasteiger partial charge is 0.545 e. The van der Waals surface area contributed by atoms with E-state index in [1.165, 1.54) is 156 Å². The second-order valence-electron chi connectivity index (χ2n) is 24.3. The fraction of sp³-hybridized carbons (Fsp3) is 0.615. The number of aryl methyl sites for hydroxylation is 6. The number of carbonyl (C=O) groups is 2. The summed E-state index contributed by atoms with van der Waals surface area (Å²) in [4.78, 5) is 33.3. The number of aromatic carboxylic acids is 2. The van der Waals surface area contributed by atoms with Gasteiger partial charge in [0.1, 0.15) is 5.71 Å². The average Bonchev–Trinajstić information content (AvgIpc) is 3.71. The van der Waals surface area contributed by atoms with Gasteiger partial charge >= 0.3 is 16.5 Å². The summed E-state index contributed by atoms with van der Waals surface area (Å²) in [5.41, 5.74) is 12.1. The Balaban J connectivity index is 0.000000823. The summed E-state index contributed by atoms with van der Waals surface area (Å²) in [6, 6.07) is 17.2. The van der Waals surface area contributed by atoms with Gasteiger partial charge < -0.3 is 40.2 Å². The number of carboxylic acid groups (broad SMARTS) is 2. The van der Waals surface area contributed by atoms with Gasteiger partial charge in [-0.1, -0.05) is 203 Å². The van der Waals surface area contributed by atoms with Crippen molar-refractivity contribution < 1.29 is 56.7 Å². The Morgan fingerprint density at radius 2 is 0.697 bits per heavy atom. The number of carboxylic acids is 2. The first kappa shape index (κ1) is 81.4. The molecule has 0 atom stereocenters. The molecule has 4 N–H and O–H groups in total. The van der Waals surface area contributed by atoms with Crippen molar-refractivity contribution in [3.05, 3.63) is 104 Å². The number of aromatic hydroxyl groups is 4. The number of benzene rings is 4. The standard InChI is InChI=1S/C48H76N2.2C15H22O4.Ni/c1-7-13-19-21-22-23-24-25-26-28-34-48(50-46-39-43(31-17-11-5)36-44(40-46)32-18-12-6)47(33-27-20-14-8-2)49-45-37-41(29-15-9-3)35-42(38-45)30-16-10-4;2*1-3-5-7-10-9-12(16)14(17)13(15(18)19)11(10)8-6-4-2;/h35-40H,7-27,29-33H2,1-6H3;2*9,16-17H,3-8H2,1-2H3,(H,18,19);/q;;;+2/p-2. The van der Waals surface area contributed by atoms with Gasteiger partial charge in [0.25, 0.3) is 0 Å². The van der Waals surface area contributed by atoms with Crippen molar-refractivity contribution in [1.29, 1.82) is 0 Å². The van der Waals surface area contributed by atoms with Crippen molar-refractivity contribution in [2.75, 3.05) is 0 Å². The van der Waals surface area contributed by atoms with Crippen LogP contribution in [0.2, 0.25) is 0 Å². The van der Waals surface area contributed by atoms with E-state index in [0.717, 1.165) is 130 Å². The molecule has 0 spiro atoms. The maximum atomic E-state index is 11.2. The van der Waals surface area contributed by atoms with Crippen LogP contribution in [0, 0.1) is 11.8 Å². The number of phenolic OH excluding ortho intramolecular Hbond substituents is 2. The number of hydrogen-bond donors (Lipinski definition) is 4. The van der Waals surface area contributed by atoms with Gasteiger partial charge in [-0.3, -0.25) is 4.99 Å². The number of nitrogens with zero attached hydrogens (tertiary/aromatic N) is 2. The predicted molar refractivity (Wildman–Crippen MR) is 368 cm³/mol. The number of aliphatic imine (C=N–C) groups is 2. The zero-order chi connectivity index (χ0) is 64.9. The molecule has 0 aromatic heterocycles. The molecule has 4 rings (SSSR count). The van der Waals surface area contributed by atoms with Crippen molar-refractivity contribution in [2.24, 2.45) is 9.98 Å². The van der Waals surface area contributed by atoms with Gasteiger partial charge in [-0.15, -0.1) is 0 Å². The predicted octanol–water partition coefficient (Wildman–Crippen LogP) is 19.7. The van der Waals surface area contributed by atoms with Crippen LogP contribution in [0.1, 0.15) is 327 Å². The van der Waals surface area contributed by atoms with E-state index in [0.29, 0.717) is 36.8 Å². The normalized spacial score (nSPS) is 11.3. The topological polar surface area (TPSA) is 186 Å². The summed E-state index contributed by atoms with van der Waals surface area (Å²) in [5, 5.41) is 61.1. The second-order valence-corrected chi connectivity index (χ2v) is 24.3. The zero-order valence-electron chi connectivity index (χ0n) is 57.1. The van der Waals surface area contributed by atoms with E-state index < -0.39 is 23.4 Å². The first-order valence-corrected chi connectivity index (χ1v) is 35.1. The van der Waals surface area contributed by atoms with E-state index in [1.54, 1.807) is 0 Å². The quantitative estimate of drug-likeness (QED) is 0.0111. The summed E-state index contributed by atoms with van der Waals surface area (Å²) in [7, 11) is 0. The number of hydrogen-bond acceptors (Lipinski definition) is 10. The monoisotopic (exact) mass is 1270 g/mol. The van der Waals surface area contributed by atoms with Crippen LogP contribution in [0.15, 0.2) is 58.5 Å². The Hall–Kier alpha value is -5.59. The molecule has 10 nitrogen and oxygen atoms in total. The van der Waals surface area contributed by atoms with Crippen molar-refractivity contribution >= 4 is 34.7 Å². The Kier molecular flexibility index (Phi) is 45.8. The van der Waals surface area contributed by atoms with E-state index in [-0.39, 0.29) is 39.1 Å². The number of rotatable bonds is 42. The fourth-order valence-corrected chi connectivity index (χ4v) is 11.0. The van der Waals surface area contributed by atoms with E-state index in [4.69, 9.17) is 9.98 Å². The molecule has 0 amide bonds. The van der Waals surface area contributed by atoms with Gasteiger partial charge in [0, 0.05) is 17.5 Å². The summed E-state index contributed by atoms with van der Waals surface area (Å²) < 4.78 is 0. The molecular formula is C78H118N2NiO8. The van der Waals surface area contributed by atoms with Crippen molar-refractivity contribution in [3.63, 3.8) is 0 Å². The van der Waals surface area contributed by atoms with Crippen LogP contribution in [0.25, 0.3) is 0 Å². The third-order valence-corrected chi connectivity index (χ3v) is 16.3. The number of carbonyl (C=O) groups excluding carboxylic acids is 2. The Bertz CT molecular complexity index is 2610. The molecule has 0 aliphatic heterocycles. The molecule has 0 saturated heterocycles. The van der Waals surface area contributed by atoms with Crippen LogP contribution < -0.4 is 10.2 Å². The minimum Gasteiger partial charge on any atom is -0.545 e. The molecule has 0 radical (unpaired) electrons. The SMILES string of the molecule is CCCCCCCCCCC#CC(=Nc1cc(CCCC)cc(CCCC)c1)C(CCCCCC)=Nc1cc(CCCC)cc(CCCC)c1.CCCCc1cc(O)c(O)c(C(=O)[O-])c1CCCC.CCCCc1cc(O)c(O)c(C(=O)[O-])c1CCCC.[Ni+2]. The van der Waals surface area contributed by atoms with Crippen molar-refractivity contribution in [1.82, 2.24) is 0 Å². The molecule has 11 heteroatoms. The summed E-state index contributed by atoms with van der Waals surface area (Å²) in [6.07, 6.45) is 41.3. The molecule has 498 valence electrons. The molecule has 0 aliphatic rings. The third-order valence-electron chi connectivity index (χ3n) is 16.3. The van der Waals surface area contributed by atoms with Gasteiger partial charge in [-0.25, -0.2) is 4.99 Å². The van der Waals surface area contributed by atoms with Gasteiger partial charge in [-0.2, -0.15) is 0 Å². The molecule has 0 fully saturated rings. The Morgan fingerprint density at radius 1 is 0.382 bits per heavy atom. The van der Waals surface area contributed by atoms with Crippen LogP contribution in [-0.4, -0.2) is 43.8 Å². The minimum absolute atomic E-state index is 0. The van der Waals surface area contributed by atoms with Crippen molar-refractivity contribution in [2.45, 2.75) is 313 Å². The van der Waals surface area contributed by atoms with Gasteiger partial charge in [0.2, 0.25) is 0 Å². The average molecular weight is 1270 g/mol. The Morgan fingerprint density at radius 3 is 1.06 bits per heavy atom. The van der Waals surface area contributed by atoms with Crippen molar-refractivity contribution in [3.8, 4) is 34.8 Å². The largest absolute Gasteiger partial charge is 2.00 e. The number of unbranched alkanes of at least 4 members (excludes halogenated alkanes) is 19. The van der Waals surface area contributed by atoms with E-state index in [1.807, 2.05) is 27.7 Å². The Labute approximate surface area is 550 Å². The zero-order valence-corrected chi connectivity index (χ0v) is 58.1. The van der Waals surface area contributed by atoms with Crippen LogP contribution in [0.4, 0.5) is 11.4 Å². The molecule has 0 bridgehead atoms. The first-order chi connectivity index (χ1) is 42.6. The molecule has 4 aromatic carbocycles. The maximum Gasteiger partial charge on any atom is 2.00 e. The van der Waals surface area contributed by atoms with Crippen LogP contribution in [0.5, 0.6) is 23.0 Å². The van der Waals surface area contributed by atoms with E-state index >= 15 is 0 Å². The van der Waals surface area contributed by atoms with Crippen LogP contribution in [-0.2, 0) is 67.9 Å². The van der Waals surface area contributed by atoms with Gasteiger partial charge in [0.05, 0.1) is 29.0 Å². The van der Waals surface area contributed by atoms with Gasteiger partial charge in [-0.05, 0) is 209 Å². The van der Waals surface area contributed by atoms with Crippen LogP contribution in [0.3, 0.4) is 0 Å². The molecule has 0 aliphatic carbocycles. The molecular weight excluding hydrogens is 1150 g/mol. The van der Waals surface area contributed by atoms with Gasteiger partial charge in [0.15, 0.2) is 23.0 Å². The van der Waals surface area contributed by atoms with E-state index in [9.17, 15) is 40.2 Å². The fourth-order valence-electron chi connectivity index (χ4n) is 11.0. The molecule has 89 heavy (non-hydrogen) atoms. The maximum absolute atomic E-state index is 11.2. The second kappa shape index (κ2) is 50.1. The first-order valence-electron chi connectivity index (χ1n) is 35.1. The summed E-state index contributed by atoms with van der Waals surface area (Å²) in [6.45, 7) is 21.9. The molecule has 0 unspecified atom stereocenters. The third kappa shape index (κ3) is 32.3. The minimum atomic E-state index is -1.43.